The number of aromatic nitrogens is 3. The average Bonchev–Trinajstić information content (AvgIpc) is 3.26. The molecule has 0 spiro atoms. The largest absolute Gasteiger partial charge is 0.379 e. The van der Waals surface area contributed by atoms with Crippen molar-refractivity contribution in [1.29, 1.82) is 0 Å². The summed E-state index contributed by atoms with van der Waals surface area (Å²) in [7, 11) is 0. The van der Waals surface area contributed by atoms with Crippen molar-refractivity contribution in [2.24, 2.45) is 0 Å². The number of benzene rings is 1. The third kappa shape index (κ3) is 4.79. The first kappa shape index (κ1) is 22.6. The van der Waals surface area contributed by atoms with Gasteiger partial charge in [0.25, 0.3) is 5.91 Å². The minimum atomic E-state index is -0.128. The molecule has 1 unspecified atom stereocenters. The fraction of sp³-hybridized carbons (Fsp3) is 0.269. The van der Waals surface area contributed by atoms with Crippen LogP contribution in [0.15, 0.2) is 79.9 Å². The second-order valence-electron chi connectivity index (χ2n) is 7.93. The molecule has 3 aromatic rings. The molecule has 1 N–H and O–H groups in total. The highest BCUT2D eigenvalue weighted by Gasteiger charge is 2.25. The molecule has 0 bridgehead atoms. The Morgan fingerprint density at radius 2 is 2.09 bits per heavy atom. The number of nitrogens with one attached hydrogen (secondary N) is 1. The molecule has 2 aromatic heterocycles. The van der Waals surface area contributed by atoms with E-state index in [1.807, 2.05) is 48.0 Å². The van der Waals surface area contributed by atoms with Crippen molar-refractivity contribution in [3.8, 4) is 5.82 Å². The molecule has 170 valence electrons. The van der Waals surface area contributed by atoms with Gasteiger partial charge in [0.15, 0.2) is 5.82 Å². The molecule has 0 aliphatic carbocycles. The Morgan fingerprint density at radius 1 is 1.27 bits per heavy atom. The van der Waals surface area contributed by atoms with Gasteiger partial charge in [-0.15, -0.1) is 0 Å². The normalized spacial score (nSPS) is 15.8. The highest BCUT2D eigenvalue weighted by molar-refractivity contribution is 6.08. The van der Waals surface area contributed by atoms with Gasteiger partial charge in [-0.05, 0) is 24.1 Å². The third-order valence-corrected chi connectivity index (χ3v) is 5.95. The highest BCUT2D eigenvalue weighted by atomic mass is 16.5. The lowest BCUT2D eigenvalue weighted by molar-refractivity contribution is 0.0243. The second kappa shape index (κ2) is 10.4. The zero-order valence-corrected chi connectivity index (χ0v) is 18.9. The van der Waals surface area contributed by atoms with Gasteiger partial charge in [0.1, 0.15) is 0 Å². The lowest BCUT2D eigenvalue weighted by Gasteiger charge is -2.35. The van der Waals surface area contributed by atoms with Crippen molar-refractivity contribution in [3.63, 3.8) is 0 Å². The van der Waals surface area contributed by atoms with Gasteiger partial charge in [-0.25, -0.2) is 4.98 Å². The number of ether oxygens (including phenoxy) is 1. The van der Waals surface area contributed by atoms with Crippen LogP contribution in [0.4, 0.5) is 0 Å². The Labute approximate surface area is 194 Å². The molecule has 4 rings (SSSR count). The number of hydrogen-bond donors (Lipinski definition) is 1. The van der Waals surface area contributed by atoms with Crippen LogP contribution in [-0.4, -0.2) is 64.2 Å². The molecular weight excluding hydrogens is 414 g/mol. The molecule has 7 nitrogen and oxygen atoms in total. The number of carbonyl (C=O) groups excluding carboxylic acids is 1. The van der Waals surface area contributed by atoms with Crippen molar-refractivity contribution in [2.75, 3.05) is 32.8 Å². The summed E-state index contributed by atoms with van der Waals surface area (Å²) in [5.41, 5.74) is 3.58. The molecule has 1 aliphatic heterocycles. The molecule has 1 atom stereocenters. The predicted molar refractivity (Wildman–Crippen MR) is 131 cm³/mol. The molecule has 0 saturated carbocycles. The number of aryl methyl sites for hydroxylation is 1. The number of rotatable bonds is 8. The quantitative estimate of drug-likeness (QED) is 0.540. The fourth-order valence-corrected chi connectivity index (χ4v) is 4.33. The molecule has 1 fully saturated rings. The van der Waals surface area contributed by atoms with Crippen LogP contribution < -0.4 is 5.32 Å². The molecule has 1 aliphatic rings. The first-order valence-corrected chi connectivity index (χ1v) is 11.1. The summed E-state index contributed by atoms with van der Waals surface area (Å²) in [6, 6.07) is 5.98. The van der Waals surface area contributed by atoms with Crippen molar-refractivity contribution >= 4 is 16.8 Å². The SMILES string of the molecule is C=CC=C(C=C)C(CNC(=O)c1cn(-c2cnccn2)c2cccc(C)c12)N1CCOCC1. The molecule has 3 heterocycles. The summed E-state index contributed by atoms with van der Waals surface area (Å²) < 4.78 is 7.43. The predicted octanol–water partition coefficient (Wildman–Crippen LogP) is 3.46. The van der Waals surface area contributed by atoms with Crippen LogP contribution in [0, 0.1) is 6.92 Å². The number of hydrogen-bond acceptors (Lipinski definition) is 5. The minimum absolute atomic E-state index is 0.0113. The van der Waals surface area contributed by atoms with E-state index in [-0.39, 0.29) is 11.9 Å². The molecule has 1 saturated heterocycles. The number of nitrogens with zero attached hydrogens (tertiary/aromatic N) is 4. The molecule has 33 heavy (non-hydrogen) atoms. The van der Waals surface area contributed by atoms with Crippen LogP contribution in [0.2, 0.25) is 0 Å². The average molecular weight is 444 g/mol. The van der Waals surface area contributed by atoms with Crippen molar-refractivity contribution in [2.45, 2.75) is 13.0 Å². The van der Waals surface area contributed by atoms with E-state index >= 15 is 0 Å². The molecule has 0 radical (unpaired) electrons. The van der Waals surface area contributed by atoms with E-state index in [0.717, 1.165) is 35.1 Å². The zero-order chi connectivity index (χ0) is 23.2. The Kier molecular flexibility index (Phi) is 7.12. The lowest BCUT2D eigenvalue weighted by atomic mass is 10.0. The van der Waals surface area contributed by atoms with E-state index in [0.29, 0.717) is 31.1 Å². The van der Waals surface area contributed by atoms with Gasteiger partial charge in [0.2, 0.25) is 0 Å². The molecule has 1 amide bonds. The van der Waals surface area contributed by atoms with Crippen LogP contribution >= 0.6 is 0 Å². The summed E-state index contributed by atoms with van der Waals surface area (Å²) in [5.74, 6) is 0.540. The highest BCUT2D eigenvalue weighted by Crippen LogP contribution is 2.27. The zero-order valence-electron chi connectivity index (χ0n) is 18.9. The van der Waals surface area contributed by atoms with Gasteiger partial charge in [-0.2, -0.15) is 0 Å². The fourth-order valence-electron chi connectivity index (χ4n) is 4.33. The number of fused-ring (bicyclic) bond motifs is 1. The van der Waals surface area contributed by atoms with E-state index < -0.39 is 0 Å². The Hall–Kier alpha value is -3.55. The maximum absolute atomic E-state index is 13.4. The second-order valence-corrected chi connectivity index (χ2v) is 7.93. The number of amides is 1. The standard InChI is InChI=1S/C26H29N5O2/c1-4-7-20(5-2)23(30-12-14-33-15-13-30)16-29-26(32)21-18-31(24-17-27-10-11-28-24)22-9-6-8-19(3)25(21)22/h4-11,17-18,23H,1-2,12-16H2,3H3,(H,29,32). The van der Waals surface area contributed by atoms with Gasteiger partial charge < -0.3 is 10.1 Å². The van der Waals surface area contributed by atoms with Crippen molar-refractivity contribution < 1.29 is 9.53 Å². The van der Waals surface area contributed by atoms with Crippen LogP contribution in [0.25, 0.3) is 16.7 Å². The monoisotopic (exact) mass is 443 g/mol. The summed E-state index contributed by atoms with van der Waals surface area (Å²) in [6.45, 7) is 13.2. The first-order chi connectivity index (χ1) is 16.1. The molecule has 1 aromatic carbocycles. The Balaban J connectivity index is 1.65. The minimum Gasteiger partial charge on any atom is -0.379 e. The van der Waals surface area contributed by atoms with Crippen molar-refractivity contribution in [1.82, 2.24) is 24.8 Å². The maximum Gasteiger partial charge on any atom is 0.253 e. The summed E-state index contributed by atoms with van der Waals surface area (Å²) >= 11 is 0. The molecule has 7 heteroatoms. The van der Waals surface area contributed by atoms with Gasteiger partial charge in [-0.3, -0.25) is 19.2 Å². The van der Waals surface area contributed by atoms with Crippen LogP contribution in [0.3, 0.4) is 0 Å². The number of allylic oxidation sites excluding steroid dienone is 2. The summed E-state index contributed by atoms with van der Waals surface area (Å²) in [5, 5.41) is 4.07. The van der Waals surface area contributed by atoms with Gasteiger partial charge in [0, 0.05) is 43.6 Å². The van der Waals surface area contributed by atoms with E-state index in [1.165, 1.54) is 0 Å². The van der Waals surface area contributed by atoms with Crippen LogP contribution in [-0.2, 0) is 4.74 Å². The smallest absolute Gasteiger partial charge is 0.253 e. The summed E-state index contributed by atoms with van der Waals surface area (Å²) in [6.07, 6.45) is 12.3. The van der Waals surface area contributed by atoms with Gasteiger partial charge in [0.05, 0.1) is 36.5 Å². The maximum atomic E-state index is 13.4. The van der Waals surface area contributed by atoms with E-state index in [4.69, 9.17) is 4.74 Å². The van der Waals surface area contributed by atoms with Crippen LogP contribution in [0.5, 0.6) is 0 Å². The molecular formula is C26H29N5O2. The van der Waals surface area contributed by atoms with Gasteiger partial charge >= 0.3 is 0 Å². The lowest BCUT2D eigenvalue weighted by Crippen LogP contribution is -2.49. The van der Waals surface area contributed by atoms with Crippen LogP contribution in [0.1, 0.15) is 15.9 Å². The Morgan fingerprint density at radius 3 is 2.79 bits per heavy atom. The third-order valence-electron chi connectivity index (χ3n) is 5.95. The summed E-state index contributed by atoms with van der Waals surface area (Å²) in [4.78, 5) is 24.3. The topological polar surface area (TPSA) is 72.3 Å². The van der Waals surface area contributed by atoms with Gasteiger partial charge in [-0.1, -0.05) is 43.5 Å². The van der Waals surface area contributed by atoms with Crippen molar-refractivity contribution in [3.05, 3.63) is 91.1 Å². The number of morpholine rings is 1. The first-order valence-electron chi connectivity index (χ1n) is 11.1. The van der Waals surface area contributed by atoms with E-state index in [1.54, 1.807) is 24.7 Å². The van der Waals surface area contributed by atoms with E-state index in [9.17, 15) is 4.79 Å². The Bertz CT molecular complexity index is 1180. The number of carbonyl (C=O) groups is 1. The van der Waals surface area contributed by atoms with E-state index in [2.05, 4.69) is 33.3 Å².